The van der Waals surface area contributed by atoms with Crippen molar-refractivity contribution >= 4 is 0 Å². The minimum Gasteiger partial charge on any atom is -0.429 e. The second-order valence-corrected chi connectivity index (χ2v) is 11.0. The molecule has 0 aliphatic heterocycles. The van der Waals surface area contributed by atoms with Crippen LogP contribution in [0, 0.1) is 29.1 Å². The van der Waals surface area contributed by atoms with Gasteiger partial charge in [-0.05, 0) is 103 Å². The van der Waals surface area contributed by atoms with Crippen molar-refractivity contribution < 1.29 is 40.2 Å². The summed E-state index contributed by atoms with van der Waals surface area (Å²) in [4.78, 5) is 0. The van der Waals surface area contributed by atoms with Gasteiger partial charge in [0.05, 0.1) is 6.10 Å². The molecule has 0 atom stereocenters. The number of halogens is 7. The van der Waals surface area contributed by atoms with Gasteiger partial charge in [0.1, 0.15) is 28.8 Å². The highest BCUT2D eigenvalue weighted by molar-refractivity contribution is 5.71. The zero-order valence-electron chi connectivity index (χ0n) is 24.0. The maximum atomic E-state index is 15.1. The van der Waals surface area contributed by atoms with Crippen LogP contribution in [0.2, 0.25) is 0 Å². The lowest BCUT2D eigenvalue weighted by molar-refractivity contribution is -0.189. The molecule has 5 rings (SSSR count). The van der Waals surface area contributed by atoms with E-state index in [0.29, 0.717) is 36.1 Å². The van der Waals surface area contributed by atoms with E-state index in [1.54, 1.807) is 0 Å². The summed E-state index contributed by atoms with van der Waals surface area (Å²) in [6, 6.07) is 14.2. The van der Waals surface area contributed by atoms with Crippen molar-refractivity contribution in [2.45, 2.75) is 63.6 Å². The molecule has 1 aliphatic rings. The first-order chi connectivity index (χ1) is 21.1. The summed E-state index contributed by atoms with van der Waals surface area (Å²) in [7, 11) is 0. The molecule has 0 unspecified atom stereocenters. The van der Waals surface area contributed by atoms with E-state index < -0.39 is 40.8 Å². The summed E-state index contributed by atoms with van der Waals surface area (Å²) in [6.45, 7) is 2.75. The third kappa shape index (κ3) is 7.09. The Morgan fingerprint density at radius 2 is 1.27 bits per heavy atom. The predicted octanol–water partition coefficient (Wildman–Crippen LogP) is 10.7. The molecule has 4 aromatic carbocycles. The van der Waals surface area contributed by atoms with Crippen molar-refractivity contribution in [3.63, 3.8) is 0 Å². The van der Waals surface area contributed by atoms with Crippen molar-refractivity contribution in [1.82, 2.24) is 0 Å². The van der Waals surface area contributed by atoms with Gasteiger partial charge in [0.15, 0.2) is 11.6 Å². The molecule has 1 fully saturated rings. The van der Waals surface area contributed by atoms with Gasteiger partial charge < -0.3 is 9.47 Å². The zero-order chi connectivity index (χ0) is 31.4. The molecular formula is C35H31F7O2. The van der Waals surface area contributed by atoms with Crippen molar-refractivity contribution in [2.75, 3.05) is 6.61 Å². The maximum Gasteiger partial charge on any atom is 0.432 e. The second kappa shape index (κ2) is 13.4. The Morgan fingerprint density at radius 3 is 1.89 bits per heavy atom. The largest absolute Gasteiger partial charge is 0.432 e. The first-order valence-electron chi connectivity index (χ1n) is 14.6. The number of hydrogen-bond acceptors (Lipinski definition) is 2. The van der Waals surface area contributed by atoms with Gasteiger partial charge in [-0.25, -0.2) is 22.0 Å². The van der Waals surface area contributed by atoms with E-state index in [0.717, 1.165) is 49.9 Å². The minimum absolute atomic E-state index is 0.0476. The second-order valence-electron chi connectivity index (χ2n) is 11.0. The molecule has 0 spiro atoms. The molecular weight excluding hydrogens is 585 g/mol. The van der Waals surface area contributed by atoms with Crippen LogP contribution in [0.4, 0.5) is 30.7 Å². The fourth-order valence-electron chi connectivity index (χ4n) is 5.57. The van der Waals surface area contributed by atoms with Gasteiger partial charge in [-0.15, -0.1) is 0 Å². The Bertz CT molecular complexity index is 1570. The van der Waals surface area contributed by atoms with E-state index in [9.17, 15) is 22.0 Å². The lowest BCUT2D eigenvalue weighted by Gasteiger charge is -2.29. The van der Waals surface area contributed by atoms with Crippen molar-refractivity contribution in [2.24, 2.45) is 0 Å². The summed E-state index contributed by atoms with van der Waals surface area (Å²) in [6.07, 6.45) is 0.549. The molecule has 0 N–H and O–H groups in total. The fourth-order valence-corrected chi connectivity index (χ4v) is 5.57. The molecule has 0 bridgehead atoms. The monoisotopic (exact) mass is 616 g/mol. The van der Waals surface area contributed by atoms with Crippen LogP contribution >= 0.6 is 0 Å². The van der Waals surface area contributed by atoms with Crippen LogP contribution < -0.4 is 4.74 Å². The van der Waals surface area contributed by atoms with Gasteiger partial charge >= 0.3 is 6.11 Å². The smallest absolute Gasteiger partial charge is 0.429 e. The maximum absolute atomic E-state index is 15.1. The van der Waals surface area contributed by atoms with Crippen LogP contribution in [0.3, 0.4) is 0 Å². The van der Waals surface area contributed by atoms with Crippen LogP contribution in [0.25, 0.3) is 22.3 Å². The average molecular weight is 617 g/mol. The number of ether oxygens (including phenoxy) is 2. The van der Waals surface area contributed by atoms with E-state index in [4.69, 9.17) is 9.47 Å². The normalized spacial score (nSPS) is 17.1. The van der Waals surface area contributed by atoms with Gasteiger partial charge in [0, 0.05) is 12.2 Å². The lowest BCUT2D eigenvalue weighted by Crippen LogP contribution is -2.26. The van der Waals surface area contributed by atoms with Crippen molar-refractivity contribution in [3.8, 4) is 28.0 Å². The third-order valence-corrected chi connectivity index (χ3v) is 7.99. The first kappa shape index (κ1) is 31.6. The van der Waals surface area contributed by atoms with Crippen LogP contribution in [0.15, 0.2) is 72.8 Å². The van der Waals surface area contributed by atoms with Gasteiger partial charge in [-0.1, -0.05) is 43.7 Å². The Kier molecular flexibility index (Phi) is 9.63. The molecule has 2 nitrogen and oxygen atoms in total. The number of alkyl halides is 2. The molecule has 232 valence electrons. The molecule has 44 heavy (non-hydrogen) atoms. The van der Waals surface area contributed by atoms with Crippen LogP contribution in [0.5, 0.6) is 5.75 Å². The summed E-state index contributed by atoms with van der Waals surface area (Å²) in [5, 5.41) is 0. The number of benzene rings is 4. The van der Waals surface area contributed by atoms with E-state index in [2.05, 4.69) is 6.92 Å². The molecule has 1 saturated carbocycles. The Labute approximate surface area is 251 Å². The summed E-state index contributed by atoms with van der Waals surface area (Å²) in [5.41, 5.74) is -0.141. The van der Waals surface area contributed by atoms with E-state index in [1.807, 2.05) is 0 Å². The molecule has 9 heteroatoms. The summed E-state index contributed by atoms with van der Waals surface area (Å²) in [5.74, 6) is -6.16. The molecule has 0 radical (unpaired) electrons. The number of hydrogen-bond donors (Lipinski definition) is 0. The van der Waals surface area contributed by atoms with Crippen LogP contribution in [-0.4, -0.2) is 12.7 Å². The molecule has 0 heterocycles. The lowest BCUT2D eigenvalue weighted by atomic mass is 9.82. The fraction of sp³-hybridized carbons (Fsp3) is 0.314. The van der Waals surface area contributed by atoms with E-state index >= 15 is 8.78 Å². The Morgan fingerprint density at radius 1 is 0.659 bits per heavy atom. The van der Waals surface area contributed by atoms with Crippen molar-refractivity contribution in [1.29, 1.82) is 0 Å². The highest BCUT2D eigenvalue weighted by atomic mass is 19.3. The third-order valence-electron chi connectivity index (χ3n) is 7.99. The quantitative estimate of drug-likeness (QED) is 0.130. The number of unbranched alkanes of at least 4 members (excludes halogenated alkanes) is 1. The average Bonchev–Trinajstić information content (AvgIpc) is 2.99. The molecule has 0 aromatic heterocycles. The molecule has 0 amide bonds. The van der Waals surface area contributed by atoms with Gasteiger partial charge in [0.25, 0.3) is 0 Å². The highest BCUT2D eigenvalue weighted by Gasteiger charge is 2.41. The minimum atomic E-state index is -4.31. The number of rotatable bonds is 10. The topological polar surface area (TPSA) is 18.5 Å². The zero-order valence-corrected chi connectivity index (χ0v) is 24.0. The summed E-state index contributed by atoms with van der Waals surface area (Å²) >= 11 is 0. The van der Waals surface area contributed by atoms with Crippen molar-refractivity contribution in [3.05, 3.63) is 113 Å². The van der Waals surface area contributed by atoms with E-state index in [-0.39, 0.29) is 28.9 Å². The molecule has 4 aromatic rings. The standard InChI is InChI=1S/C35H31F7O2/c1-2-3-16-43-26-10-4-22(5-11-26)25-19-32(39)34(33(40)20-25)35(41,42)44-27-12-6-21(7-13-27)23-8-14-28(30(37)17-23)24-9-15-29(36)31(38)18-24/h6-9,12-15,17-20,22,26H,2-5,10-11,16H2,1H3. The summed E-state index contributed by atoms with van der Waals surface area (Å²) < 4.78 is 112. The first-order valence-corrected chi connectivity index (χ1v) is 14.6. The van der Waals surface area contributed by atoms with Gasteiger partial charge in [-0.2, -0.15) is 8.78 Å². The predicted molar refractivity (Wildman–Crippen MR) is 154 cm³/mol. The SMILES string of the molecule is CCCCOC1CCC(c2cc(F)c(C(F)(F)Oc3ccc(-c4ccc(-c5ccc(F)c(F)c5)c(F)c4)cc3)c(F)c2)CC1. The van der Waals surface area contributed by atoms with Gasteiger partial charge in [-0.3, -0.25) is 0 Å². The Balaban J connectivity index is 1.26. The van der Waals surface area contributed by atoms with Gasteiger partial charge in [0.2, 0.25) is 0 Å². The van der Waals surface area contributed by atoms with E-state index in [1.165, 1.54) is 48.5 Å². The van der Waals surface area contributed by atoms with Crippen LogP contribution in [0.1, 0.15) is 62.5 Å². The highest BCUT2D eigenvalue weighted by Crippen LogP contribution is 2.40. The Hall–Kier alpha value is -3.85. The molecule has 1 aliphatic carbocycles. The van der Waals surface area contributed by atoms with Crippen LogP contribution in [-0.2, 0) is 10.8 Å². The molecule has 0 saturated heterocycles.